The summed E-state index contributed by atoms with van der Waals surface area (Å²) >= 11 is 0. The van der Waals surface area contributed by atoms with E-state index in [4.69, 9.17) is 4.98 Å². The van der Waals surface area contributed by atoms with Crippen molar-refractivity contribution >= 4 is 44.1 Å². The van der Waals surface area contributed by atoms with Crippen molar-refractivity contribution in [2.45, 2.75) is 32.4 Å². The average Bonchev–Trinajstić information content (AvgIpc) is 3.32. The van der Waals surface area contributed by atoms with Crippen molar-refractivity contribution < 1.29 is 8.42 Å². The molecular formula is C28H35N7O2S. The zero-order valence-electron chi connectivity index (χ0n) is 22.5. The Bertz CT molecular complexity index is 1550. The average molecular weight is 534 g/mol. The molecule has 10 heteroatoms. The van der Waals surface area contributed by atoms with E-state index in [9.17, 15) is 8.42 Å². The number of para-hydroxylation sites is 1. The zero-order chi connectivity index (χ0) is 27.1. The number of benzene rings is 2. The third-order valence-corrected chi connectivity index (χ3v) is 8.48. The molecule has 2 aromatic carbocycles. The number of fused-ring (bicyclic) bond motifs is 1. The summed E-state index contributed by atoms with van der Waals surface area (Å²) in [4.78, 5) is 11.8. The molecule has 1 saturated heterocycles. The highest BCUT2D eigenvalue weighted by Crippen LogP contribution is 2.36. The molecule has 5 rings (SSSR count). The van der Waals surface area contributed by atoms with Crippen LogP contribution in [0.4, 0.5) is 23.0 Å². The Morgan fingerprint density at radius 1 is 1.11 bits per heavy atom. The lowest BCUT2D eigenvalue weighted by molar-refractivity contribution is 0.449. The first kappa shape index (κ1) is 26.0. The Kier molecular flexibility index (Phi) is 6.79. The van der Waals surface area contributed by atoms with E-state index >= 15 is 0 Å². The van der Waals surface area contributed by atoms with Gasteiger partial charge in [-0.1, -0.05) is 18.2 Å². The van der Waals surface area contributed by atoms with E-state index in [0.717, 1.165) is 41.9 Å². The van der Waals surface area contributed by atoms with Crippen molar-refractivity contribution in [1.29, 1.82) is 0 Å². The minimum atomic E-state index is -3.42. The number of nitrogens with one attached hydrogen (secondary N) is 2. The Morgan fingerprint density at radius 3 is 2.55 bits per heavy atom. The van der Waals surface area contributed by atoms with Crippen LogP contribution in [0.1, 0.15) is 26.3 Å². The van der Waals surface area contributed by atoms with E-state index in [2.05, 4.69) is 70.1 Å². The molecule has 0 aliphatic carbocycles. The van der Waals surface area contributed by atoms with Gasteiger partial charge in [-0.3, -0.25) is 4.31 Å². The number of aromatic nitrogens is 3. The van der Waals surface area contributed by atoms with E-state index < -0.39 is 15.6 Å². The molecule has 200 valence electrons. The van der Waals surface area contributed by atoms with Gasteiger partial charge in [0.25, 0.3) is 0 Å². The second-order valence-electron chi connectivity index (χ2n) is 10.4. The Morgan fingerprint density at radius 2 is 1.84 bits per heavy atom. The number of sulfonamides is 1. The highest BCUT2D eigenvalue weighted by molar-refractivity contribution is 7.92. The topological polar surface area (TPSA) is 95.4 Å². The third-order valence-electron chi connectivity index (χ3n) is 7.29. The maximum atomic E-state index is 12.3. The first-order valence-electron chi connectivity index (χ1n) is 12.8. The molecule has 1 aliphatic rings. The van der Waals surface area contributed by atoms with Crippen LogP contribution in [0, 0.1) is 0 Å². The van der Waals surface area contributed by atoms with Gasteiger partial charge in [-0.15, -0.1) is 0 Å². The number of hydrogen-bond donors (Lipinski definition) is 2. The molecule has 0 spiro atoms. The van der Waals surface area contributed by atoms with Crippen LogP contribution in [0.15, 0.2) is 67.0 Å². The lowest BCUT2D eigenvalue weighted by atomic mass is 9.92. The number of hydrogen-bond acceptors (Lipinski definition) is 7. The summed E-state index contributed by atoms with van der Waals surface area (Å²) in [6.07, 6.45) is 5.00. The maximum absolute atomic E-state index is 12.3. The van der Waals surface area contributed by atoms with Crippen molar-refractivity contribution in [3.8, 4) is 0 Å². The summed E-state index contributed by atoms with van der Waals surface area (Å²) < 4.78 is 28.1. The molecular weight excluding hydrogens is 498 g/mol. The highest BCUT2D eigenvalue weighted by atomic mass is 32.2. The molecule has 1 aliphatic heterocycles. The monoisotopic (exact) mass is 533 g/mol. The van der Waals surface area contributed by atoms with Crippen LogP contribution >= 0.6 is 0 Å². The number of rotatable bonds is 7. The lowest BCUT2D eigenvalue weighted by Crippen LogP contribution is -2.49. The molecule has 38 heavy (non-hydrogen) atoms. The molecule has 1 atom stereocenters. The number of nitrogens with zero attached hydrogens (tertiary/aromatic N) is 5. The normalized spacial score (nSPS) is 16.6. The van der Waals surface area contributed by atoms with Crippen molar-refractivity contribution in [2.24, 2.45) is 0 Å². The summed E-state index contributed by atoms with van der Waals surface area (Å²) in [5.41, 5.74) is 3.79. The SMILES string of the molecule is C[C@H]1CN(c2ccc(Nc3ncc4ccn(C(C)(C)c5ccccc5N(C)S(C)(=O)=O)c4n3)cc2)CCN1. The van der Waals surface area contributed by atoms with E-state index in [-0.39, 0.29) is 0 Å². The predicted octanol–water partition coefficient (Wildman–Crippen LogP) is 4.15. The van der Waals surface area contributed by atoms with Crippen molar-refractivity contribution in [3.05, 3.63) is 72.6 Å². The minimum Gasteiger partial charge on any atom is -0.369 e. The van der Waals surface area contributed by atoms with Crippen LogP contribution in [-0.4, -0.2) is 61.9 Å². The van der Waals surface area contributed by atoms with Gasteiger partial charge in [0.2, 0.25) is 16.0 Å². The quantitative estimate of drug-likeness (QED) is 0.368. The number of anilines is 4. The van der Waals surface area contributed by atoms with Crippen LogP contribution in [0.3, 0.4) is 0 Å². The molecule has 3 heterocycles. The molecule has 0 saturated carbocycles. The van der Waals surface area contributed by atoms with E-state index in [0.29, 0.717) is 17.7 Å². The van der Waals surface area contributed by atoms with Crippen LogP contribution in [0.2, 0.25) is 0 Å². The van der Waals surface area contributed by atoms with Gasteiger partial charge in [-0.25, -0.2) is 13.4 Å². The highest BCUT2D eigenvalue weighted by Gasteiger charge is 2.30. The Hall–Kier alpha value is -3.63. The maximum Gasteiger partial charge on any atom is 0.232 e. The molecule has 0 unspecified atom stereocenters. The van der Waals surface area contributed by atoms with Crippen molar-refractivity contribution in [3.63, 3.8) is 0 Å². The summed E-state index contributed by atoms with van der Waals surface area (Å²) in [6, 6.07) is 18.4. The summed E-state index contributed by atoms with van der Waals surface area (Å²) in [6.45, 7) is 9.29. The molecule has 1 fully saturated rings. The van der Waals surface area contributed by atoms with Gasteiger partial charge < -0.3 is 20.1 Å². The van der Waals surface area contributed by atoms with Gasteiger partial charge >= 0.3 is 0 Å². The van der Waals surface area contributed by atoms with Crippen LogP contribution in [0.25, 0.3) is 11.0 Å². The molecule has 0 bridgehead atoms. The van der Waals surface area contributed by atoms with Gasteiger partial charge in [0.05, 0.1) is 17.5 Å². The molecule has 0 amide bonds. The molecule has 9 nitrogen and oxygen atoms in total. The standard InChI is InChI=1S/C28H35N7O2S/c1-20-19-34(17-15-29-20)23-12-10-22(11-13-23)31-27-30-18-21-14-16-35(26(21)32-27)28(2,3)24-8-6-7-9-25(24)33(4)38(5,36)37/h6-14,16,18,20,29H,15,17,19H2,1-5H3,(H,30,31,32)/t20-/m0/s1. The second-order valence-corrected chi connectivity index (χ2v) is 12.5. The number of piperazine rings is 1. The molecule has 0 radical (unpaired) electrons. The largest absolute Gasteiger partial charge is 0.369 e. The van der Waals surface area contributed by atoms with E-state index in [1.165, 1.54) is 16.2 Å². The van der Waals surface area contributed by atoms with Crippen molar-refractivity contribution in [1.82, 2.24) is 19.9 Å². The zero-order valence-corrected chi connectivity index (χ0v) is 23.3. The first-order valence-corrected chi connectivity index (χ1v) is 14.6. The molecule has 2 N–H and O–H groups in total. The third kappa shape index (κ3) is 5.06. The first-order chi connectivity index (χ1) is 18.0. The van der Waals surface area contributed by atoms with Gasteiger partial charge in [0.15, 0.2) is 0 Å². The Balaban J connectivity index is 1.44. The smallest absolute Gasteiger partial charge is 0.232 e. The fourth-order valence-electron chi connectivity index (χ4n) is 5.05. The summed E-state index contributed by atoms with van der Waals surface area (Å²) in [5, 5.41) is 7.72. The minimum absolute atomic E-state index is 0.473. The van der Waals surface area contributed by atoms with Crippen LogP contribution in [-0.2, 0) is 15.6 Å². The van der Waals surface area contributed by atoms with E-state index in [1.54, 1.807) is 7.05 Å². The second kappa shape index (κ2) is 9.92. The molecule has 4 aromatic rings. The molecule has 2 aromatic heterocycles. The van der Waals surface area contributed by atoms with Gasteiger partial charge in [-0.2, -0.15) is 4.98 Å². The van der Waals surface area contributed by atoms with Gasteiger partial charge in [0.1, 0.15) is 5.65 Å². The van der Waals surface area contributed by atoms with Crippen LogP contribution < -0.4 is 19.8 Å². The predicted molar refractivity (Wildman–Crippen MR) is 155 cm³/mol. The van der Waals surface area contributed by atoms with Crippen LogP contribution in [0.5, 0.6) is 0 Å². The van der Waals surface area contributed by atoms with E-state index in [1.807, 2.05) is 42.7 Å². The van der Waals surface area contributed by atoms with Gasteiger partial charge in [0, 0.05) is 67.4 Å². The lowest BCUT2D eigenvalue weighted by Gasteiger charge is -2.33. The van der Waals surface area contributed by atoms with Crippen molar-refractivity contribution in [2.75, 3.05) is 47.5 Å². The Labute approximate surface area is 224 Å². The van der Waals surface area contributed by atoms with Gasteiger partial charge in [-0.05, 0) is 57.2 Å². The summed E-state index contributed by atoms with van der Waals surface area (Å²) in [7, 11) is -1.84. The summed E-state index contributed by atoms with van der Waals surface area (Å²) in [5.74, 6) is 0.498. The fourth-order valence-corrected chi connectivity index (χ4v) is 5.57. The fraction of sp³-hybridized carbons (Fsp3) is 0.357.